The molecule has 3 N–H and O–H groups in total. The van der Waals surface area contributed by atoms with Crippen LogP contribution in [0.1, 0.15) is 6.42 Å². The van der Waals surface area contributed by atoms with Crippen molar-refractivity contribution in [2.45, 2.75) is 6.42 Å². The number of hydrazine groups is 1. The van der Waals surface area contributed by atoms with Crippen LogP contribution in [0.5, 0.6) is 0 Å². The highest BCUT2D eigenvalue weighted by Crippen LogP contribution is 1.81. The first kappa shape index (κ1) is 8.72. The van der Waals surface area contributed by atoms with Gasteiger partial charge in [-0.2, -0.15) is 5.26 Å². The highest BCUT2D eigenvalue weighted by Gasteiger charge is 2.03. The summed E-state index contributed by atoms with van der Waals surface area (Å²) in [6, 6.07) is 1.50. The fraction of sp³-hybridized carbons (Fsp3) is 0.600. The Balaban J connectivity index is 3.53. The number of hydrogen-bond acceptors (Lipinski definition) is 3. The number of carbonyl (C=O) groups is 1. The van der Waals surface area contributed by atoms with Gasteiger partial charge in [0.15, 0.2) is 0 Å². The second-order valence-electron chi connectivity index (χ2n) is 1.66. The predicted molar refractivity (Wildman–Crippen MR) is 35.6 cm³/mol. The summed E-state index contributed by atoms with van der Waals surface area (Å²) < 4.78 is 0. The number of nitrogens with two attached hydrogens (primary N) is 1. The molecule has 0 aliphatic heterocycles. The van der Waals surface area contributed by atoms with Crippen LogP contribution in [0.4, 0.5) is 4.79 Å². The zero-order valence-corrected chi connectivity index (χ0v) is 5.79. The normalized spacial score (nSPS) is 8.10. The summed E-state index contributed by atoms with van der Waals surface area (Å²) in [6.07, 6.45) is 0.254. The quantitative estimate of drug-likeness (QED) is 0.307. The maximum Gasteiger partial charge on any atom is 0.331 e. The monoisotopic (exact) mass is 142 g/mol. The number of urea groups is 1. The second kappa shape index (κ2) is 4.58. The van der Waals surface area contributed by atoms with Crippen LogP contribution >= 0.6 is 0 Å². The molecule has 0 saturated carbocycles. The standard InChI is InChI=1S/C5H10N4O/c1-8-5(10)9(7)4-2-3-6/h2,4,7H2,1H3,(H,8,10). The minimum Gasteiger partial charge on any atom is -0.340 e. The van der Waals surface area contributed by atoms with Crippen molar-refractivity contribution < 1.29 is 4.79 Å². The molecule has 0 atom stereocenters. The Kier molecular flexibility index (Phi) is 4.00. The van der Waals surface area contributed by atoms with Crippen molar-refractivity contribution in [2.24, 2.45) is 5.84 Å². The van der Waals surface area contributed by atoms with E-state index in [9.17, 15) is 4.79 Å². The number of carbonyl (C=O) groups excluding carboxylic acids is 1. The van der Waals surface area contributed by atoms with E-state index in [1.54, 1.807) is 0 Å². The van der Waals surface area contributed by atoms with Gasteiger partial charge in [0, 0.05) is 7.05 Å². The van der Waals surface area contributed by atoms with E-state index in [1.165, 1.54) is 7.05 Å². The highest BCUT2D eigenvalue weighted by molar-refractivity contribution is 5.72. The summed E-state index contributed by atoms with van der Waals surface area (Å²) in [5.41, 5.74) is 0. The van der Waals surface area contributed by atoms with Crippen molar-refractivity contribution in [1.29, 1.82) is 5.26 Å². The topological polar surface area (TPSA) is 82.2 Å². The van der Waals surface area contributed by atoms with Crippen molar-refractivity contribution in [3.8, 4) is 6.07 Å². The van der Waals surface area contributed by atoms with Crippen LogP contribution in [0.15, 0.2) is 0 Å². The first-order chi connectivity index (χ1) is 4.72. The van der Waals surface area contributed by atoms with Crippen molar-refractivity contribution in [2.75, 3.05) is 13.6 Å². The van der Waals surface area contributed by atoms with Gasteiger partial charge in [-0.25, -0.2) is 10.6 Å². The number of hydrogen-bond donors (Lipinski definition) is 2. The van der Waals surface area contributed by atoms with Crippen LogP contribution in [0.25, 0.3) is 0 Å². The zero-order chi connectivity index (χ0) is 7.98. The van der Waals surface area contributed by atoms with Crippen LogP contribution in [0.3, 0.4) is 0 Å². The van der Waals surface area contributed by atoms with Crippen molar-refractivity contribution in [3.63, 3.8) is 0 Å². The maximum atomic E-state index is 10.6. The highest BCUT2D eigenvalue weighted by atomic mass is 16.2. The zero-order valence-electron chi connectivity index (χ0n) is 5.79. The summed E-state index contributed by atoms with van der Waals surface area (Å²) in [7, 11) is 1.48. The van der Waals surface area contributed by atoms with E-state index in [0.29, 0.717) is 0 Å². The van der Waals surface area contributed by atoms with E-state index < -0.39 is 0 Å². The molecule has 0 aromatic heterocycles. The molecule has 0 aromatic rings. The first-order valence-corrected chi connectivity index (χ1v) is 2.83. The number of nitrogens with zero attached hydrogens (tertiary/aromatic N) is 2. The van der Waals surface area contributed by atoms with Gasteiger partial charge in [0.05, 0.1) is 19.0 Å². The molecule has 0 radical (unpaired) electrons. The smallest absolute Gasteiger partial charge is 0.331 e. The summed E-state index contributed by atoms with van der Waals surface area (Å²) in [5.74, 6) is 5.18. The average Bonchev–Trinajstić information content (AvgIpc) is 1.98. The molecular formula is C5H10N4O. The molecule has 0 aromatic carbocycles. The third kappa shape index (κ3) is 2.89. The third-order valence-electron chi connectivity index (χ3n) is 0.939. The lowest BCUT2D eigenvalue weighted by Crippen LogP contribution is -2.43. The average molecular weight is 142 g/mol. The van der Waals surface area contributed by atoms with E-state index in [0.717, 1.165) is 5.01 Å². The molecule has 0 heterocycles. The molecule has 0 unspecified atom stereocenters. The lowest BCUT2D eigenvalue weighted by molar-refractivity contribution is 0.202. The Hall–Kier alpha value is -1.28. The molecule has 0 aliphatic carbocycles. The number of nitriles is 1. The minimum absolute atomic E-state index is 0.254. The van der Waals surface area contributed by atoms with Gasteiger partial charge >= 0.3 is 6.03 Å². The molecule has 0 spiro atoms. The van der Waals surface area contributed by atoms with E-state index in [4.69, 9.17) is 11.1 Å². The molecule has 0 rings (SSSR count). The lowest BCUT2D eigenvalue weighted by atomic mass is 10.5. The fourth-order valence-corrected chi connectivity index (χ4v) is 0.416. The summed E-state index contributed by atoms with van der Waals surface area (Å²) >= 11 is 0. The van der Waals surface area contributed by atoms with Gasteiger partial charge < -0.3 is 5.32 Å². The Morgan fingerprint density at radius 3 is 2.90 bits per heavy atom. The summed E-state index contributed by atoms with van der Waals surface area (Å²) in [6.45, 7) is 0.260. The predicted octanol–water partition coefficient (Wildman–Crippen LogP) is -0.585. The van der Waals surface area contributed by atoms with E-state index in [2.05, 4.69) is 5.32 Å². The van der Waals surface area contributed by atoms with Gasteiger partial charge in [0.25, 0.3) is 0 Å². The molecular weight excluding hydrogens is 132 g/mol. The molecule has 0 fully saturated rings. The first-order valence-electron chi connectivity index (χ1n) is 2.83. The maximum absolute atomic E-state index is 10.6. The molecule has 0 aliphatic rings. The van der Waals surface area contributed by atoms with Gasteiger partial charge in [0.2, 0.25) is 0 Å². The van der Waals surface area contributed by atoms with E-state index in [-0.39, 0.29) is 19.0 Å². The van der Waals surface area contributed by atoms with Crippen LogP contribution < -0.4 is 11.2 Å². The molecule has 56 valence electrons. The fourth-order valence-electron chi connectivity index (χ4n) is 0.416. The third-order valence-corrected chi connectivity index (χ3v) is 0.939. The molecule has 2 amide bonds. The van der Waals surface area contributed by atoms with Gasteiger partial charge in [-0.15, -0.1) is 0 Å². The van der Waals surface area contributed by atoms with Crippen LogP contribution in [0.2, 0.25) is 0 Å². The van der Waals surface area contributed by atoms with Crippen molar-refractivity contribution in [3.05, 3.63) is 0 Å². The minimum atomic E-state index is -0.379. The summed E-state index contributed by atoms with van der Waals surface area (Å²) in [5, 5.41) is 11.4. The second-order valence-corrected chi connectivity index (χ2v) is 1.66. The largest absolute Gasteiger partial charge is 0.340 e. The van der Waals surface area contributed by atoms with Crippen molar-refractivity contribution in [1.82, 2.24) is 10.3 Å². The van der Waals surface area contributed by atoms with Crippen molar-refractivity contribution >= 4 is 6.03 Å². The Labute approximate surface area is 59.4 Å². The molecule has 0 saturated heterocycles. The van der Waals surface area contributed by atoms with Gasteiger partial charge in [0.1, 0.15) is 0 Å². The van der Waals surface area contributed by atoms with Crippen LogP contribution in [-0.4, -0.2) is 24.6 Å². The van der Waals surface area contributed by atoms with E-state index >= 15 is 0 Å². The van der Waals surface area contributed by atoms with Crippen LogP contribution in [-0.2, 0) is 0 Å². The molecule has 0 bridgehead atoms. The van der Waals surface area contributed by atoms with Crippen LogP contribution in [0, 0.1) is 11.3 Å². The number of rotatable bonds is 2. The number of amides is 2. The Morgan fingerprint density at radius 2 is 2.50 bits per heavy atom. The SMILES string of the molecule is CNC(=O)N(N)CCC#N. The lowest BCUT2D eigenvalue weighted by Gasteiger charge is -2.12. The molecule has 5 heteroatoms. The summed E-state index contributed by atoms with van der Waals surface area (Å²) in [4.78, 5) is 10.6. The number of nitrogens with one attached hydrogen (secondary N) is 1. The Morgan fingerprint density at radius 1 is 1.90 bits per heavy atom. The Bertz CT molecular complexity index is 150. The van der Waals surface area contributed by atoms with Gasteiger partial charge in [-0.1, -0.05) is 0 Å². The molecule has 10 heavy (non-hydrogen) atoms. The van der Waals surface area contributed by atoms with Gasteiger partial charge in [-0.3, -0.25) is 5.01 Å². The van der Waals surface area contributed by atoms with Gasteiger partial charge in [-0.05, 0) is 0 Å². The van der Waals surface area contributed by atoms with E-state index in [1.807, 2.05) is 6.07 Å². The molecule has 5 nitrogen and oxygen atoms in total.